The number of hydrogen-bond acceptors (Lipinski definition) is 11. The van der Waals surface area contributed by atoms with Crippen molar-refractivity contribution in [3.63, 3.8) is 0 Å². The van der Waals surface area contributed by atoms with Gasteiger partial charge in [-0.3, -0.25) is 4.79 Å². The zero-order valence-electron chi connectivity index (χ0n) is 26.1. The van der Waals surface area contributed by atoms with E-state index in [1.54, 1.807) is 39.0 Å². The largest absolute Gasteiger partial charge is 0.506 e. The second kappa shape index (κ2) is 17.0. The number of benzene rings is 1. The summed E-state index contributed by atoms with van der Waals surface area (Å²) in [7, 11) is 2.90. The third-order valence-electron chi connectivity index (χ3n) is 7.56. The topological polar surface area (TPSA) is 213 Å². The van der Waals surface area contributed by atoms with Crippen molar-refractivity contribution < 1.29 is 49.3 Å². The van der Waals surface area contributed by atoms with Gasteiger partial charge in [0.05, 0.1) is 36.3 Å². The predicted octanol–water partition coefficient (Wildman–Crippen LogP) is 2.32. The van der Waals surface area contributed by atoms with E-state index in [4.69, 9.17) is 19.9 Å². The van der Waals surface area contributed by atoms with Gasteiger partial charge in [-0.05, 0) is 38.2 Å². The van der Waals surface area contributed by atoms with Crippen LogP contribution in [0.25, 0.3) is 0 Å². The van der Waals surface area contributed by atoms with Crippen molar-refractivity contribution in [2.75, 3.05) is 38.0 Å². The molecular formula is C31H47N3O10. The van der Waals surface area contributed by atoms with Crippen LogP contribution in [0.3, 0.4) is 0 Å². The van der Waals surface area contributed by atoms with E-state index in [0.29, 0.717) is 12.0 Å². The summed E-state index contributed by atoms with van der Waals surface area (Å²) in [6.45, 7) is 6.31. The van der Waals surface area contributed by atoms with E-state index in [2.05, 4.69) is 10.6 Å². The Hall–Kier alpha value is -3.62. The Morgan fingerprint density at radius 3 is 2.48 bits per heavy atom. The number of primary amides is 1. The summed E-state index contributed by atoms with van der Waals surface area (Å²) in [4.78, 5) is 24.8. The van der Waals surface area contributed by atoms with Crippen LogP contribution < -0.4 is 16.4 Å². The minimum Gasteiger partial charge on any atom is -0.506 e. The maximum atomic E-state index is 13.0. The highest BCUT2D eigenvalue weighted by molar-refractivity contribution is 6.04. The van der Waals surface area contributed by atoms with Crippen LogP contribution in [0.4, 0.5) is 16.2 Å². The Bertz CT molecular complexity index is 1230. The fourth-order valence-corrected chi connectivity index (χ4v) is 5.09. The first-order valence-electron chi connectivity index (χ1n) is 14.4. The number of nitrogens with two attached hydrogens (primary N) is 1. The highest BCUT2D eigenvalue weighted by Gasteiger charge is 2.30. The molecule has 7 atom stereocenters. The maximum absolute atomic E-state index is 13.0. The number of allylic oxidation sites excluding steroid dienone is 2. The molecule has 1 aromatic carbocycles. The lowest BCUT2D eigenvalue weighted by Gasteiger charge is -2.29. The second-order valence-corrected chi connectivity index (χ2v) is 11.2. The minimum absolute atomic E-state index is 0.0425. The number of amides is 2. The van der Waals surface area contributed by atoms with E-state index in [1.807, 2.05) is 6.92 Å². The van der Waals surface area contributed by atoms with Gasteiger partial charge in [0.25, 0.3) is 5.91 Å². The number of rotatable bonds is 7. The Morgan fingerprint density at radius 2 is 1.89 bits per heavy atom. The van der Waals surface area contributed by atoms with Crippen molar-refractivity contribution in [2.45, 2.75) is 71.1 Å². The molecule has 246 valence electrons. The third-order valence-corrected chi connectivity index (χ3v) is 7.56. The number of hydrogen-bond donors (Lipinski definition) is 8. The van der Waals surface area contributed by atoms with Crippen LogP contribution in [-0.2, 0) is 25.4 Å². The average Bonchev–Trinajstić information content (AvgIpc) is 2.97. The molecule has 1 heterocycles. The summed E-state index contributed by atoms with van der Waals surface area (Å²) in [5.74, 6) is -1.85. The molecule has 2 amide bonds. The first-order chi connectivity index (χ1) is 20.7. The average molecular weight is 622 g/mol. The molecule has 2 rings (SSSR count). The summed E-state index contributed by atoms with van der Waals surface area (Å²) in [5, 5.41) is 58.0. The molecule has 1 aliphatic heterocycles. The van der Waals surface area contributed by atoms with Gasteiger partial charge in [0.15, 0.2) is 6.10 Å². The van der Waals surface area contributed by atoms with Crippen molar-refractivity contribution in [2.24, 2.45) is 17.6 Å². The van der Waals surface area contributed by atoms with Gasteiger partial charge < -0.3 is 56.1 Å². The highest BCUT2D eigenvalue weighted by Crippen LogP contribution is 2.42. The fourth-order valence-electron chi connectivity index (χ4n) is 5.09. The Labute approximate surface area is 258 Å². The maximum Gasteiger partial charge on any atom is 0.405 e. The molecule has 44 heavy (non-hydrogen) atoms. The van der Waals surface area contributed by atoms with Crippen LogP contribution in [0.5, 0.6) is 11.5 Å². The number of methoxy groups -OCH3 is 2. The van der Waals surface area contributed by atoms with Crippen LogP contribution >= 0.6 is 0 Å². The van der Waals surface area contributed by atoms with E-state index in [-0.39, 0.29) is 52.9 Å². The van der Waals surface area contributed by atoms with Crippen molar-refractivity contribution in [1.82, 2.24) is 0 Å². The molecule has 0 radical (unpaired) electrons. The summed E-state index contributed by atoms with van der Waals surface area (Å²) in [6.07, 6.45) is 1.40. The molecular weight excluding hydrogens is 574 g/mol. The smallest absolute Gasteiger partial charge is 0.405 e. The molecule has 0 aliphatic carbocycles. The number of fused-ring (bicyclic) bond motifs is 2. The number of phenolic OH excluding ortho intramolecular Hbond substituents is 2. The number of carbonyl (C=O) groups excluding carboxylic acids is 2. The van der Waals surface area contributed by atoms with Crippen LogP contribution in [0, 0.1) is 11.8 Å². The van der Waals surface area contributed by atoms with Gasteiger partial charge in [-0.2, -0.15) is 0 Å². The molecule has 4 unspecified atom stereocenters. The van der Waals surface area contributed by atoms with Gasteiger partial charge in [-0.25, -0.2) is 4.79 Å². The van der Waals surface area contributed by atoms with E-state index in [1.165, 1.54) is 26.4 Å². The van der Waals surface area contributed by atoms with Gasteiger partial charge in [0.1, 0.15) is 17.6 Å². The Balaban J connectivity index is 2.66. The lowest BCUT2D eigenvalue weighted by Crippen LogP contribution is -2.37. The number of aliphatic hydroxyl groups is 3. The fraction of sp³-hybridized carbons (Fsp3) is 0.548. The van der Waals surface area contributed by atoms with E-state index in [0.717, 1.165) is 0 Å². The molecule has 1 aromatic rings. The van der Waals surface area contributed by atoms with Crippen LogP contribution in [0.1, 0.15) is 39.7 Å². The normalized spacial score (nSPS) is 29.3. The van der Waals surface area contributed by atoms with Crippen molar-refractivity contribution >= 4 is 23.4 Å². The summed E-state index contributed by atoms with van der Waals surface area (Å²) < 4.78 is 16.6. The molecule has 0 fully saturated rings. The van der Waals surface area contributed by atoms with Gasteiger partial charge >= 0.3 is 6.09 Å². The highest BCUT2D eigenvalue weighted by atomic mass is 16.6. The summed E-state index contributed by atoms with van der Waals surface area (Å²) in [6, 6.07) is 1.19. The van der Waals surface area contributed by atoms with Gasteiger partial charge in [-0.15, -0.1) is 0 Å². The number of ether oxygens (including phenoxy) is 3. The predicted molar refractivity (Wildman–Crippen MR) is 165 cm³/mol. The molecule has 0 aromatic heterocycles. The number of nitrogens with one attached hydrogen (secondary N) is 2. The summed E-state index contributed by atoms with van der Waals surface area (Å²) in [5.41, 5.74) is 6.52. The van der Waals surface area contributed by atoms with Gasteiger partial charge in [0, 0.05) is 43.9 Å². The number of anilines is 2. The number of carbonyl (C=O) groups is 2. The second-order valence-electron chi connectivity index (χ2n) is 11.2. The van der Waals surface area contributed by atoms with E-state index >= 15 is 0 Å². The molecule has 0 spiro atoms. The monoisotopic (exact) mass is 621 g/mol. The van der Waals surface area contributed by atoms with Gasteiger partial charge in [0.2, 0.25) is 0 Å². The van der Waals surface area contributed by atoms with Gasteiger partial charge in [-0.1, -0.05) is 38.2 Å². The first-order valence-corrected chi connectivity index (χ1v) is 14.4. The van der Waals surface area contributed by atoms with Crippen LogP contribution in [0.2, 0.25) is 0 Å². The quantitative estimate of drug-likeness (QED) is 0.126. The standard InChI is InChI=1S/C31H47N3O10/c1-16-10-21-26(33-14-20(36)15-35)23(37)13-22(28(21)39)34-30(40)17(2)8-7-9-24(42-5)29(44-31(32)41)19(4)12-18(3)27(38)25(11-16)43-6/h7-9,12-13,16,18,20,24-25,27,29,33,35-39H,10-11,14-15H2,1-6H3,(H2,32,41)(H,34,40)/b9-7-,17-8+,19-12+/t16-,18+,20?,24?,25?,27-,29?/m1/s1. The van der Waals surface area contributed by atoms with Crippen molar-refractivity contribution in [3.8, 4) is 11.5 Å². The lowest BCUT2D eigenvalue weighted by atomic mass is 9.87. The molecule has 9 N–H and O–H groups in total. The zero-order valence-corrected chi connectivity index (χ0v) is 26.1. The molecule has 0 saturated heterocycles. The molecule has 13 heteroatoms. The number of phenols is 2. The Kier molecular flexibility index (Phi) is 14.1. The lowest BCUT2D eigenvalue weighted by molar-refractivity contribution is -0.112. The van der Waals surface area contributed by atoms with E-state index in [9.17, 15) is 35.1 Å². The minimum atomic E-state index is -1.12. The first kappa shape index (κ1) is 36.6. The van der Waals surface area contributed by atoms with Crippen molar-refractivity contribution in [1.29, 1.82) is 0 Å². The van der Waals surface area contributed by atoms with Crippen LogP contribution in [-0.4, -0.2) is 95.4 Å². The van der Waals surface area contributed by atoms with E-state index < -0.39 is 55.0 Å². The molecule has 0 saturated carbocycles. The number of aromatic hydroxyl groups is 2. The van der Waals surface area contributed by atoms with Crippen LogP contribution in [0.15, 0.2) is 41.5 Å². The SMILES string of the molecule is COC1/C=C\C=C(/C)C(=O)Nc2cc(O)c(NCC(O)CO)c(c2O)C[C@@H](C)CC(OC)[C@H](O)[C@@H](C)/C=C(\C)C1OC(N)=O. The molecule has 13 nitrogen and oxygen atoms in total. The summed E-state index contributed by atoms with van der Waals surface area (Å²) >= 11 is 0. The number of aliphatic hydroxyl groups excluding tert-OH is 3. The van der Waals surface area contributed by atoms with Crippen molar-refractivity contribution in [3.05, 3.63) is 47.1 Å². The molecule has 2 bridgehead atoms. The zero-order chi connectivity index (χ0) is 33.1. The molecule has 1 aliphatic rings. The Morgan fingerprint density at radius 1 is 1.20 bits per heavy atom. The third kappa shape index (κ3) is 9.96.